The third-order valence-electron chi connectivity index (χ3n) is 2.68. The van der Waals surface area contributed by atoms with E-state index < -0.39 is 0 Å². The number of anilines is 3. The van der Waals surface area contributed by atoms with E-state index in [2.05, 4.69) is 43.0 Å². The van der Waals surface area contributed by atoms with Gasteiger partial charge >= 0.3 is 0 Å². The molecule has 1 aromatic heterocycles. The number of benzene rings is 1. The van der Waals surface area contributed by atoms with E-state index in [4.69, 9.17) is 5.73 Å². The normalized spacial score (nSPS) is 10.4. The summed E-state index contributed by atoms with van der Waals surface area (Å²) in [5, 5.41) is 0. The maximum absolute atomic E-state index is 5.73. The summed E-state index contributed by atoms with van der Waals surface area (Å²) in [7, 11) is 5.66. The molecule has 1 aromatic carbocycles. The zero-order valence-corrected chi connectivity index (χ0v) is 13.3. The molecule has 0 aliphatic carbocycles. The summed E-state index contributed by atoms with van der Waals surface area (Å²) in [5.74, 6) is 1.33. The fourth-order valence-electron chi connectivity index (χ4n) is 1.72. The first-order valence-corrected chi connectivity index (χ1v) is 6.89. The topological polar surface area (TPSA) is 71.2 Å². The predicted molar refractivity (Wildman–Crippen MR) is 84.8 cm³/mol. The van der Waals surface area contributed by atoms with Crippen molar-refractivity contribution in [1.29, 1.82) is 0 Å². The molecule has 0 spiro atoms. The number of nitrogens with two attached hydrogens (primary N) is 1. The molecule has 0 aliphatic rings. The highest BCUT2D eigenvalue weighted by Crippen LogP contribution is 2.17. The van der Waals surface area contributed by atoms with Crippen LogP contribution in [0.3, 0.4) is 0 Å². The van der Waals surface area contributed by atoms with Gasteiger partial charge in [0.25, 0.3) is 0 Å². The Morgan fingerprint density at radius 2 is 1.80 bits per heavy atom. The molecule has 0 atom stereocenters. The maximum atomic E-state index is 5.73. The Kier molecular flexibility index (Phi) is 4.39. The van der Waals surface area contributed by atoms with E-state index in [1.54, 1.807) is 4.90 Å². The van der Waals surface area contributed by atoms with Crippen LogP contribution in [0.15, 0.2) is 28.7 Å². The minimum Gasteiger partial charge on any atom is -0.368 e. The standard InChI is InChI=1S/C13H17BrN6/c1-19(2)12-16-11(15)17-13(18-12)20(3)8-9-5-4-6-10(14)7-9/h4-7H,8H2,1-3H3,(H2,15,16,17,18). The lowest BCUT2D eigenvalue weighted by atomic mass is 10.2. The van der Waals surface area contributed by atoms with E-state index in [9.17, 15) is 0 Å². The van der Waals surface area contributed by atoms with Gasteiger partial charge in [-0.1, -0.05) is 28.1 Å². The van der Waals surface area contributed by atoms with Gasteiger partial charge in [-0.3, -0.25) is 0 Å². The van der Waals surface area contributed by atoms with Gasteiger partial charge in [0.2, 0.25) is 17.8 Å². The number of aromatic nitrogens is 3. The highest BCUT2D eigenvalue weighted by Gasteiger charge is 2.10. The van der Waals surface area contributed by atoms with E-state index >= 15 is 0 Å². The lowest BCUT2D eigenvalue weighted by Gasteiger charge is -2.19. The Bertz CT molecular complexity index is 601. The van der Waals surface area contributed by atoms with Crippen molar-refractivity contribution in [3.8, 4) is 0 Å². The van der Waals surface area contributed by atoms with Crippen LogP contribution in [-0.2, 0) is 6.54 Å². The molecular formula is C13H17BrN6. The summed E-state index contributed by atoms with van der Waals surface area (Å²) in [6.07, 6.45) is 0. The summed E-state index contributed by atoms with van der Waals surface area (Å²) in [6, 6.07) is 8.11. The molecule has 0 amide bonds. The zero-order chi connectivity index (χ0) is 14.7. The van der Waals surface area contributed by atoms with Crippen LogP contribution in [0.25, 0.3) is 0 Å². The maximum Gasteiger partial charge on any atom is 0.231 e. The van der Waals surface area contributed by atoms with Crippen molar-refractivity contribution in [3.05, 3.63) is 34.3 Å². The first kappa shape index (κ1) is 14.5. The van der Waals surface area contributed by atoms with Crippen molar-refractivity contribution >= 4 is 33.8 Å². The Morgan fingerprint density at radius 3 is 2.45 bits per heavy atom. The highest BCUT2D eigenvalue weighted by molar-refractivity contribution is 9.10. The van der Waals surface area contributed by atoms with Crippen molar-refractivity contribution in [3.63, 3.8) is 0 Å². The van der Waals surface area contributed by atoms with Gasteiger partial charge in [0.15, 0.2) is 0 Å². The van der Waals surface area contributed by atoms with Crippen LogP contribution >= 0.6 is 15.9 Å². The van der Waals surface area contributed by atoms with E-state index in [0.717, 1.165) is 10.0 Å². The molecule has 106 valence electrons. The monoisotopic (exact) mass is 336 g/mol. The highest BCUT2D eigenvalue weighted by atomic mass is 79.9. The van der Waals surface area contributed by atoms with E-state index in [1.165, 1.54) is 0 Å². The molecule has 2 aromatic rings. The minimum atomic E-state index is 0.222. The predicted octanol–water partition coefficient (Wildman–Crippen LogP) is 1.92. The summed E-state index contributed by atoms with van der Waals surface area (Å²) in [5.41, 5.74) is 6.89. The van der Waals surface area contributed by atoms with Crippen LogP contribution in [0.1, 0.15) is 5.56 Å². The molecule has 0 saturated heterocycles. The molecule has 0 saturated carbocycles. The van der Waals surface area contributed by atoms with Crippen LogP contribution in [-0.4, -0.2) is 36.1 Å². The molecule has 7 heteroatoms. The second-order valence-corrected chi connectivity index (χ2v) is 5.59. The van der Waals surface area contributed by atoms with Crippen molar-refractivity contribution < 1.29 is 0 Å². The van der Waals surface area contributed by atoms with Crippen LogP contribution in [0.2, 0.25) is 0 Å². The number of nitrogen functional groups attached to an aromatic ring is 1. The van der Waals surface area contributed by atoms with E-state index in [0.29, 0.717) is 18.4 Å². The van der Waals surface area contributed by atoms with Crippen molar-refractivity contribution in [2.45, 2.75) is 6.54 Å². The molecule has 6 nitrogen and oxygen atoms in total. The van der Waals surface area contributed by atoms with E-state index in [1.807, 2.05) is 38.2 Å². The molecule has 0 radical (unpaired) electrons. The summed E-state index contributed by atoms with van der Waals surface area (Å²) in [6.45, 7) is 0.690. The third-order valence-corrected chi connectivity index (χ3v) is 3.17. The number of hydrogen-bond acceptors (Lipinski definition) is 6. The van der Waals surface area contributed by atoms with Crippen LogP contribution in [0.4, 0.5) is 17.8 Å². The largest absolute Gasteiger partial charge is 0.368 e. The van der Waals surface area contributed by atoms with Crippen molar-refractivity contribution in [2.24, 2.45) is 0 Å². The molecule has 0 aliphatic heterocycles. The van der Waals surface area contributed by atoms with Crippen molar-refractivity contribution in [1.82, 2.24) is 15.0 Å². The second kappa shape index (κ2) is 6.04. The molecule has 0 bridgehead atoms. The Morgan fingerprint density at radius 1 is 1.10 bits per heavy atom. The first-order chi connectivity index (χ1) is 9.45. The van der Waals surface area contributed by atoms with Gasteiger partial charge < -0.3 is 15.5 Å². The average molecular weight is 337 g/mol. The van der Waals surface area contributed by atoms with Gasteiger partial charge in [0, 0.05) is 32.2 Å². The van der Waals surface area contributed by atoms with Gasteiger partial charge in [0.05, 0.1) is 0 Å². The lowest BCUT2D eigenvalue weighted by molar-refractivity contribution is 0.846. The Labute approximate surface area is 126 Å². The molecule has 0 unspecified atom stereocenters. The van der Waals surface area contributed by atoms with Crippen LogP contribution in [0.5, 0.6) is 0 Å². The van der Waals surface area contributed by atoms with E-state index in [-0.39, 0.29) is 5.95 Å². The van der Waals surface area contributed by atoms with Gasteiger partial charge in [-0.05, 0) is 17.7 Å². The fourth-order valence-corrected chi connectivity index (χ4v) is 2.17. The van der Waals surface area contributed by atoms with Gasteiger partial charge in [-0.2, -0.15) is 15.0 Å². The van der Waals surface area contributed by atoms with Crippen LogP contribution in [0, 0.1) is 0 Å². The SMILES string of the molecule is CN(C)c1nc(N)nc(N(C)Cc2cccc(Br)c2)n1. The quantitative estimate of drug-likeness (QED) is 0.919. The summed E-state index contributed by atoms with van der Waals surface area (Å²) < 4.78 is 1.05. The first-order valence-electron chi connectivity index (χ1n) is 6.10. The molecule has 2 N–H and O–H groups in total. The molecule has 1 heterocycles. The smallest absolute Gasteiger partial charge is 0.231 e. The zero-order valence-electron chi connectivity index (χ0n) is 11.7. The van der Waals surface area contributed by atoms with Crippen LogP contribution < -0.4 is 15.5 Å². The number of rotatable bonds is 4. The summed E-state index contributed by atoms with van der Waals surface area (Å²) in [4.78, 5) is 16.4. The van der Waals surface area contributed by atoms with Crippen molar-refractivity contribution in [2.75, 3.05) is 36.7 Å². The Hall–Kier alpha value is -1.89. The van der Waals surface area contributed by atoms with Gasteiger partial charge in [-0.15, -0.1) is 0 Å². The minimum absolute atomic E-state index is 0.222. The Balaban J connectivity index is 2.22. The second-order valence-electron chi connectivity index (χ2n) is 4.67. The number of halogens is 1. The fraction of sp³-hybridized carbons (Fsp3) is 0.308. The number of nitrogens with zero attached hydrogens (tertiary/aromatic N) is 5. The summed E-state index contributed by atoms with van der Waals surface area (Å²) >= 11 is 3.46. The van der Waals surface area contributed by atoms with Gasteiger partial charge in [0.1, 0.15) is 0 Å². The molecule has 0 fully saturated rings. The lowest BCUT2D eigenvalue weighted by Crippen LogP contribution is -2.22. The van der Waals surface area contributed by atoms with Gasteiger partial charge in [-0.25, -0.2) is 0 Å². The molecular weight excluding hydrogens is 320 g/mol. The third kappa shape index (κ3) is 3.57. The molecule has 2 rings (SSSR count). The molecule has 20 heavy (non-hydrogen) atoms. The average Bonchev–Trinajstić information content (AvgIpc) is 2.37. The number of hydrogen-bond donors (Lipinski definition) is 1.